The molecule has 4 heteroatoms. The van der Waals surface area contributed by atoms with Gasteiger partial charge in [-0.25, -0.2) is 4.98 Å². The monoisotopic (exact) mass is 237 g/mol. The number of hydrogen-bond acceptors (Lipinski definition) is 3. The molecule has 16 heavy (non-hydrogen) atoms. The van der Waals surface area contributed by atoms with Crippen LogP contribution in [0.25, 0.3) is 4.96 Å². The molecule has 0 aromatic carbocycles. The summed E-state index contributed by atoms with van der Waals surface area (Å²) in [5.74, 6) is 0. The van der Waals surface area contributed by atoms with Gasteiger partial charge in [-0.3, -0.25) is 4.40 Å². The van der Waals surface area contributed by atoms with E-state index in [-0.39, 0.29) is 5.54 Å². The summed E-state index contributed by atoms with van der Waals surface area (Å²) in [6.45, 7) is 9.62. The van der Waals surface area contributed by atoms with E-state index in [1.165, 1.54) is 5.69 Å². The van der Waals surface area contributed by atoms with Crippen LogP contribution in [0.1, 0.15) is 38.6 Å². The highest BCUT2D eigenvalue weighted by Gasteiger charge is 2.16. The maximum absolute atomic E-state index is 4.54. The molecule has 2 aromatic rings. The number of hydrogen-bond donors (Lipinski definition) is 1. The van der Waals surface area contributed by atoms with Crippen molar-refractivity contribution in [2.45, 2.75) is 46.2 Å². The van der Waals surface area contributed by atoms with Crippen LogP contribution < -0.4 is 5.32 Å². The zero-order chi connectivity index (χ0) is 11.8. The standard InChI is InChI=1S/C12H19N3S/c1-5-12(3,4)13-8-10-9(2)14-11-15(10)6-7-16-11/h6-7,13H,5,8H2,1-4H3. The van der Waals surface area contributed by atoms with Gasteiger partial charge in [-0.05, 0) is 27.2 Å². The van der Waals surface area contributed by atoms with Crippen molar-refractivity contribution in [2.24, 2.45) is 0 Å². The number of imidazole rings is 1. The van der Waals surface area contributed by atoms with Crippen LogP contribution in [0.15, 0.2) is 11.6 Å². The number of aromatic nitrogens is 2. The molecule has 0 aliphatic heterocycles. The predicted octanol–water partition coefficient (Wildman–Crippen LogP) is 2.98. The molecule has 0 bridgehead atoms. The van der Waals surface area contributed by atoms with Crippen LogP contribution in [0.3, 0.4) is 0 Å². The molecule has 0 fully saturated rings. The first-order valence-electron chi connectivity index (χ1n) is 5.69. The molecule has 0 unspecified atom stereocenters. The topological polar surface area (TPSA) is 29.3 Å². The lowest BCUT2D eigenvalue weighted by Crippen LogP contribution is -2.38. The maximum Gasteiger partial charge on any atom is 0.194 e. The third-order valence-corrected chi connectivity index (χ3v) is 3.94. The molecule has 2 rings (SSSR count). The molecule has 0 saturated carbocycles. The second-order valence-electron chi connectivity index (χ2n) is 4.79. The van der Waals surface area contributed by atoms with Gasteiger partial charge in [0.25, 0.3) is 0 Å². The van der Waals surface area contributed by atoms with Crippen molar-refractivity contribution in [2.75, 3.05) is 0 Å². The summed E-state index contributed by atoms with van der Waals surface area (Å²) in [4.78, 5) is 5.63. The van der Waals surface area contributed by atoms with Gasteiger partial charge in [-0.1, -0.05) is 6.92 Å². The van der Waals surface area contributed by atoms with E-state index in [0.717, 1.165) is 23.6 Å². The van der Waals surface area contributed by atoms with Crippen LogP contribution in [-0.2, 0) is 6.54 Å². The molecule has 0 aliphatic carbocycles. The first kappa shape index (κ1) is 11.6. The van der Waals surface area contributed by atoms with E-state index in [0.29, 0.717) is 0 Å². The minimum atomic E-state index is 0.187. The summed E-state index contributed by atoms with van der Waals surface area (Å²) < 4.78 is 2.18. The van der Waals surface area contributed by atoms with Crippen molar-refractivity contribution in [3.05, 3.63) is 23.0 Å². The fourth-order valence-corrected chi connectivity index (χ4v) is 2.38. The Morgan fingerprint density at radius 3 is 2.94 bits per heavy atom. The molecule has 0 spiro atoms. The highest BCUT2D eigenvalue weighted by atomic mass is 32.1. The van der Waals surface area contributed by atoms with Gasteiger partial charge in [-0.15, -0.1) is 11.3 Å². The Kier molecular flexibility index (Phi) is 3.04. The second-order valence-corrected chi connectivity index (χ2v) is 5.66. The average Bonchev–Trinajstić information content (AvgIpc) is 2.76. The van der Waals surface area contributed by atoms with Crippen LogP contribution in [0.2, 0.25) is 0 Å². The molecule has 0 saturated heterocycles. The van der Waals surface area contributed by atoms with E-state index in [1.807, 2.05) is 0 Å². The van der Waals surface area contributed by atoms with Crippen molar-refractivity contribution >= 4 is 16.3 Å². The van der Waals surface area contributed by atoms with Crippen molar-refractivity contribution in [3.8, 4) is 0 Å². The summed E-state index contributed by atoms with van der Waals surface area (Å²) in [6.07, 6.45) is 3.22. The molecule has 3 nitrogen and oxygen atoms in total. The zero-order valence-electron chi connectivity index (χ0n) is 10.4. The zero-order valence-corrected chi connectivity index (χ0v) is 11.2. The van der Waals surface area contributed by atoms with Crippen LogP contribution >= 0.6 is 11.3 Å². The number of aryl methyl sites for hydroxylation is 1. The van der Waals surface area contributed by atoms with Gasteiger partial charge in [0, 0.05) is 23.7 Å². The molecule has 2 aromatic heterocycles. The summed E-state index contributed by atoms with van der Waals surface area (Å²) >= 11 is 1.69. The Balaban J connectivity index is 2.20. The minimum Gasteiger partial charge on any atom is -0.306 e. The van der Waals surface area contributed by atoms with Crippen LogP contribution in [0, 0.1) is 6.92 Å². The molecule has 2 heterocycles. The molecular weight excluding hydrogens is 218 g/mol. The van der Waals surface area contributed by atoms with E-state index in [2.05, 4.69) is 54.0 Å². The average molecular weight is 237 g/mol. The van der Waals surface area contributed by atoms with E-state index in [9.17, 15) is 0 Å². The second kappa shape index (κ2) is 4.18. The van der Waals surface area contributed by atoms with Gasteiger partial charge in [0.2, 0.25) is 0 Å². The summed E-state index contributed by atoms with van der Waals surface area (Å²) in [5.41, 5.74) is 2.59. The lowest BCUT2D eigenvalue weighted by atomic mass is 10.0. The minimum absolute atomic E-state index is 0.187. The van der Waals surface area contributed by atoms with E-state index >= 15 is 0 Å². The predicted molar refractivity (Wildman–Crippen MR) is 69.0 cm³/mol. The molecule has 0 radical (unpaired) electrons. The Morgan fingerprint density at radius 2 is 2.25 bits per heavy atom. The highest BCUT2D eigenvalue weighted by molar-refractivity contribution is 7.15. The number of thiazole rings is 1. The molecule has 0 aliphatic rings. The van der Waals surface area contributed by atoms with Crippen molar-refractivity contribution in [3.63, 3.8) is 0 Å². The Hall–Kier alpha value is -0.870. The van der Waals surface area contributed by atoms with Gasteiger partial charge in [-0.2, -0.15) is 0 Å². The Bertz CT molecular complexity index is 481. The molecule has 0 amide bonds. The molecule has 1 N–H and O–H groups in total. The third kappa shape index (κ3) is 2.13. The van der Waals surface area contributed by atoms with Gasteiger partial charge in [0.1, 0.15) is 0 Å². The number of rotatable bonds is 4. The smallest absolute Gasteiger partial charge is 0.194 e. The SMILES string of the molecule is CCC(C)(C)NCc1c(C)nc2sccn12. The summed E-state index contributed by atoms with van der Waals surface area (Å²) in [7, 11) is 0. The summed E-state index contributed by atoms with van der Waals surface area (Å²) in [5, 5.41) is 5.66. The normalized spacial score (nSPS) is 12.5. The van der Waals surface area contributed by atoms with Crippen LogP contribution in [0.4, 0.5) is 0 Å². The first-order valence-corrected chi connectivity index (χ1v) is 6.57. The first-order chi connectivity index (χ1) is 7.53. The van der Waals surface area contributed by atoms with Gasteiger partial charge < -0.3 is 5.32 Å². The fraction of sp³-hybridized carbons (Fsp3) is 0.583. The fourth-order valence-electron chi connectivity index (χ4n) is 1.60. The highest BCUT2D eigenvalue weighted by Crippen LogP contribution is 2.17. The maximum atomic E-state index is 4.54. The quantitative estimate of drug-likeness (QED) is 0.886. The van der Waals surface area contributed by atoms with Crippen molar-refractivity contribution in [1.29, 1.82) is 0 Å². The van der Waals surface area contributed by atoms with E-state index < -0.39 is 0 Å². The number of fused-ring (bicyclic) bond motifs is 1. The number of nitrogens with one attached hydrogen (secondary N) is 1. The third-order valence-electron chi connectivity index (χ3n) is 3.18. The lowest BCUT2D eigenvalue weighted by molar-refractivity contribution is 0.371. The largest absolute Gasteiger partial charge is 0.306 e. The Labute approximate surface area is 101 Å². The van der Waals surface area contributed by atoms with Crippen molar-refractivity contribution < 1.29 is 0 Å². The lowest BCUT2D eigenvalue weighted by Gasteiger charge is -2.24. The van der Waals surface area contributed by atoms with Crippen LogP contribution in [-0.4, -0.2) is 14.9 Å². The van der Waals surface area contributed by atoms with E-state index in [4.69, 9.17) is 0 Å². The van der Waals surface area contributed by atoms with Gasteiger partial charge in [0.05, 0.1) is 11.4 Å². The molecule has 88 valence electrons. The number of nitrogens with zero attached hydrogens (tertiary/aromatic N) is 2. The molecular formula is C12H19N3S. The van der Waals surface area contributed by atoms with Gasteiger partial charge >= 0.3 is 0 Å². The van der Waals surface area contributed by atoms with Gasteiger partial charge in [0.15, 0.2) is 4.96 Å². The summed E-state index contributed by atoms with van der Waals surface area (Å²) in [6, 6.07) is 0. The van der Waals surface area contributed by atoms with Crippen LogP contribution in [0.5, 0.6) is 0 Å². The Morgan fingerprint density at radius 1 is 1.50 bits per heavy atom. The van der Waals surface area contributed by atoms with E-state index in [1.54, 1.807) is 11.3 Å². The van der Waals surface area contributed by atoms with Crippen molar-refractivity contribution in [1.82, 2.24) is 14.7 Å². The molecule has 0 atom stereocenters.